The van der Waals surface area contributed by atoms with Gasteiger partial charge in [-0.1, -0.05) is 96.8 Å². The highest BCUT2D eigenvalue weighted by Gasteiger charge is 2.22. The molecule has 27 heavy (non-hydrogen) atoms. The summed E-state index contributed by atoms with van der Waals surface area (Å²) in [7, 11) is -2.77. The largest absolute Gasteiger partial charge is 0.384 e. The molecule has 0 radical (unpaired) electrons. The summed E-state index contributed by atoms with van der Waals surface area (Å²) < 4.78 is 26.6. The first kappa shape index (κ1) is 26.5. The number of unbranched alkanes of at least 4 members (excludes halogenated alkanes) is 14. The van der Waals surface area contributed by atoms with E-state index in [1.54, 1.807) is 0 Å². The summed E-state index contributed by atoms with van der Waals surface area (Å²) in [6.07, 6.45) is 17.6. The standard InChI is InChI=1S/C21H42O5S/c1-3-4-5-6-7-8-9-10-11-12-13-14-15-16-17-18-20(22)21(23)19-27(24,25)26-2/h21,23H,3-19H2,1-2H3. The van der Waals surface area contributed by atoms with E-state index >= 15 is 0 Å². The van der Waals surface area contributed by atoms with Crippen molar-refractivity contribution in [3.63, 3.8) is 0 Å². The maximum absolute atomic E-state index is 11.7. The van der Waals surface area contributed by atoms with Gasteiger partial charge < -0.3 is 5.11 Å². The number of hydrogen-bond acceptors (Lipinski definition) is 5. The van der Waals surface area contributed by atoms with Gasteiger partial charge in [-0.15, -0.1) is 0 Å². The van der Waals surface area contributed by atoms with Gasteiger partial charge in [-0.25, -0.2) is 0 Å². The Morgan fingerprint density at radius 1 is 0.778 bits per heavy atom. The lowest BCUT2D eigenvalue weighted by Crippen LogP contribution is -2.29. The summed E-state index contributed by atoms with van der Waals surface area (Å²) in [6.45, 7) is 2.25. The number of Topliss-reactive ketones (excluding diaryl/α,β-unsaturated/α-hetero) is 1. The second-order valence-corrected chi connectivity index (χ2v) is 9.35. The van der Waals surface area contributed by atoms with E-state index in [-0.39, 0.29) is 6.42 Å². The van der Waals surface area contributed by atoms with E-state index in [4.69, 9.17) is 0 Å². The normalized spacial score (nSPS) is 13.0. The second-order valence-electron chi connectivity index (χ2n) is 7.57. The molecule has 1 N–H and O–H groups in total. The fourth-order valence-corrected chi connectivity index (χ4v) is 3.90. The zero-order valence-corrected chi connectivity index (χ0v) is 18.4. The van der Waals surface area contributed by atoms with E-state index in [0.717, 1.165) is 20.0 Å². The third kappa shape index (κ3) is 17.4. The summed E-state index contributed by atoms with van der Waals surface area (Å²) in [5.41, 5.74) is 0. The van der Waals surface area contributed by atoms with Crippen LogP contribution in [0.4, 0.5) is 0 Å². The summed E-state index contributed by atoms with van der Waals surface area (Å²) in [5, 5.41) is 9.59. The Kier molecular flexibility index (Phi) is 17.3. The third-order valence-corrected chi connectivity index (χ3v) is 6.25. The minimum Gasteiger partial charge on any atom is -0.384 e. The van der Waals surface area contributed by atoms with Crippen LogP contribution in [0.5, 0.6) is 0 Å². The molecule has 5 nitrogen and oxygen atoms in total. The Morgan fingerprint density at radius 3 is 1.52 bits per heavy atom. The number of rotatable bonds is 20. The molecule has 1 unspecified atom stereocenters. The van der Waals surface area contributed by atoms with Gasteiger partial charge in [-0.2, -0.15) is 8.42 Å². The Bertz CT molecular complexity index is 447. The molecule has 0 aromatic carbocycles. The summed E-state index contributed by atoms with van der Waals surface area (Å²) in [4.78, 5) is 11.7. The van der Waals surface area contributed by atoms with Crippen LogP contribution in [0.25, 0.3) is 0 Å². The molecule has 6 heteroatoms. The van der Waals surface area contributed by atoms with Gasteiger partial charge in [0, 0.05) is 6.42 Å². The zero-order chi connectivity index (χ0) is 20.4. The number of carbonyl (C=O) groups excluding carboxylic acids is 1. The molecule has 0 saturated heterocycles. The van der Waals surface area contributed by atoms with Crippen molar-refractivity contribution in [2.75, 3.05) is 12.9 Å². The van der Waals surface area contributed by atoms with Crippen molar-refractivity contribution in [2.24, 2.45) is 0 Å². The lowest BCUT2D eigenvalue weighted by molar-refractivity contribution is -0.126. The molecule has 0 aliphatic heterocycles. The monoisotopic (exact) mass is 406 g/mol. The van der Waals surface area contributed by atoms with E-state index < -0.39 is 27.8 Å². The van der Waals surface area contributed by atoms with Gasteiger partial charge in [0.25, 0.3) is 10.1 Å². The number of aliphatic hydroxyl groups excluding tert-OH is 1. The average Bonchev–Trinajstić information content (AvgIpc) is 2.64. The summed E-state index contributed by atoms with van der Waals surface area (Å²) in [5.74, 6) is -1.06. The maximum Gasteiger partial charge on any atom is 0.270 e. The quantitative estimate of drug-likeness (QED) is 0.223. The molecule has 0 heterocycles. The highest BCUT2D eigenvalue weighted by Crippen LogP contribution is 2.14. The van der Waals surface area contributed by atoms with Crippen molar-refractivity contribution >= 4 is 15.9 Å². The SMILES string of the molecule is CCCCCCCCCCCCCCCCCC(=O)C(O)CS(=O)(=O)OC. The molecule has 0 aliphatic carbocycles. The van der Waals surface area contributed by atoms with Crippen LogP contribution in [-0.4, -0.2) is 38.3 Å². The zero-order valence-electron chi connectivity index (χ0n) is 17.6. The van der Waals surface area contributed by atoms with Crippen LogP contribution in [-0.2, 0) is 19.1 Å². The van der Waals surface area contributed by atoms with Crippen molar-refractivity contribution < 1.29 is 22.5 Å². The molecular weight excluding hydrogens is 364 g/mol. The van der Waals surface area contributed by atoms with Crippen LogP contribution in [0.1, 0.15) is 110 Å². The van der Waals surface area contributed by atoms with E-state index in [2.05, 4.69) is 11.1 Å². The molecule has 0 aliphatic rings. The van der Waals surface area contributed by atoms with Crippen LogP contribution < -0.4 is 0 Å². The van der Waals surface area contributed by atoms with E-state index in [1.165, 1.54) is 77.0 Å². The van der Waals surface area contributed by atoms with Crippen molar-refractivity contribution in [1.82, 2.24) is 0 Å². The Labute approximate surface area is 167 Å². The second kappa shape index (κ2) is 17.6. The van der Waals surface area contributed by atoms with Crippen molar-refractivity contribution in [3.8, 4) is 0 Å². The molecule has 0 fully saturated rings. The fraction of sp³-hybridized carbons (Fsp3) is 0.952. The average molecular weight is 407 g/mol. The molecule has 162 valence electrons. The molecule has 0 aromatic rings. The van der Waals surface area contributed by atoms with Crippen molar-refractivity contribution in [2.45, 2.75) is 116 Å². The lowest BCUT2D eigenvalue weighted by atomic mass is 10.0. The highest BCUT2D eigenvalue weighted by molar-refractivity contribution is 7.86. The van der Waals surface area contributed by atoms with Gasteiger partial charge in [0.2, 0.25) is 0 Å². The minimum absolute atomic E-state index is 0.235. The van der Waals surface area contributed by atoms with Crippen LogP contribution in [0.15, 0.2) is 0 Å². The summed E-state index contributed by atoms with van der Waals surface area (Å²) >= 11 is 0. The first-order valence-electron chi connectivity index (χ1n) is 10.9. The van der Waals surface area contributed by atoms with Gasteiger partial charge in [0.05, 0.1) is 7.11 Å². The third-order valence-electron chi connectivity index (χ3n) is 5.01. The van der Waals surface area contributed by atoms with Gasteiger partial charge in [-0.05, 0) is 6.42 Å². The predicted octanol–water partition coefficient (Wildman–Crippen LogP) is 5.15. The molecule has 0 rings (SSSR count). The van der Waals surface area contributed by atoms with Gasteiger partial charge >= 0.3 is 0 Å². The molecule has 1 atom stereocenters. The highest BCUT2D eigenvalue weighted by atomic mass is 32.2. The van der Waals surface area contributed by atoms with Gasteiger partial charge in [0.15, 0.2) is 5.78 Å². The van der Waals surface area contributed by atoms with E-state index in [0.29, 0.717) is 6.42 Å². The van der Waals surface area contributed by atoms with Crippen LogP contribution in [0.3, 0.4) is 0 Å². The Balaban J connectivity index is 3.36. The van der Waals surface area contributed by atoms with Gasteiger partial charge in [-0.3, -0.25) is 8.98 Å². The molecule has 0 spiro atoms. The van der Waals surface area contributed by atoms with E-state index in [9.17, 15) is 18.3 Å². The first-order valence-corrected chi connectivity index (χ1v) is 12.5. The molecule has 0 bridgehead atoms. The molecule has 0 aromatic heterocycles. The number of aliphatic hydroxyl groups is 1. The van der Waals surface area contributed by atoms with Crippen LogP contribution >= 0.6 is 0 Å². The van der Waals surface area contributed by atoms with Crippen molar-refractivity contribution in [1.29, 1.82) is 0 Å². The Morgan fingerprint density at radius 2 is 1.15 bits per heavy atom. The number of ketones is 1. The molecule has 0 saturated carbocycles. The number of carbonyl (C=O) groups is 1. The topological polar surface area (TPSA) is 80.7 Å². The van der Waals surface area contributed by atoms with Crippen LogP contribution in [0.2, 0.25) is 0 Å². The van der Waals surface area contributed by atoms with Gasteiger partial charge in [0.1, 0.15) is 11.9 Å². The molecule has 0 amide bonds. The maximum atomic E-state index is 11.7. The van der Waals surface area contributed by atoms with E-state index in [1.807, 2.05) is 0 Å². The first-order chi connectivity index (χ1) is 12.9. The summed E-state index contributed by atoms with van der Waals surface area (Å²) in [6, 6.07) is 0. The molecular formula is C21H42O5S. The smallest absolute Gasteiger partial charge is 0.270 e. The minimum atomic E-state index is -3.79. The fourth-order valence-electron chi connectivity index (χ4n) is 3.19. The number of hydrogen-bond donors (Lipinski definition) is 1. The van der Waals surface area contributed by atoms with Crippen molar-refractivity contribution in [3.05, 3.63) is 0 Å². The van der Waals surface area contributed by atoms with Crippen LogP contribution in [0, 0.1) is 0 Å². The predicted molar refractivity (Wildman–Crippen MR) is 111 cm³/mol. The Hall–Kier alpha value is -0.460. The lowest BCUT2D eigenvalue weighted by Gasteiger charge is -2.09.